The number of fused-ring (bicyclic) bond motifs is 1. The zero-order valence-corrected chi connectivity index (χ0v) is 7.97. The molecule has 2 rings (SSSR count). The van der Waals surface area contributed by atoms with Crippen LogP contribution in [0.5, 0.6) is 0 Å². The Morgan fingerprint density at radius 1 is 1.33 bits per heavy atom. The van der Waals surface area contributed by atoms with Crippen molar-refractivity contribution in [3.05, 3.63) is 34.5 Å². The summed E-state index contributed by atoms with van der Waals surface area (Å²) >= 11 is 4.31. The van der Waals surface area contributed by atoms with Gasteiger partial charge in [-0.15, -0.1) is 12.6 Å². The number of aryl methyl sites for hydroxylation is 1. The molecule has 0 aliphatic carbocycles. The summed E-state index contributed by atoms with van der Waals surface area (Å²) in [5, 5.41) is 1.93. The number of benzene rings is 1. The third kappa shape index (κ3) is 1.14. The van der Waals surface area contributed by atoms with Crippen molar-refractivity contribution in [1.82, 2.24) is 0 Å². The van der Waals surface area contributed by atoms with E-state index in [-0.39, 0.29) is 0 Å². The molecule has 1 atom stereocenters. The van der Waals surface area contributed by atoms with Crippen molar-refractivity contribution in [2.45, 2.75) is 18.8 Å². The maximum absolute atomic E-state index is 4.38. The number of thiol groups is 1. The van der Waals surface area contributed by atoms with Gasteiger partial charge in [-0.1, -0.05) is 12.1 Å². The second-order valence-corrected chi connectivity index (χ2v) is 3.98. The lowest BCUT2D eigenvalue weighted by molar-refractivity contribution is 0.723. The molecule has 3 heteroatoms. The molecule has 12 heavy (non-hydrogen) atoms. The van der Waals surface area contributed by atoms with Crippen molar-refractivity contribution < 1.29 is 0 Å². The molecule has 0 amide bonds. The zero-order chi connectivity index (χ0) is 8.77. The summed E-state index contributed by atoms with van der Waals surface area (Å²) in [4.78, 5) is 8.16. The van der Waals surface area contributed by atoms with Crippen molar-refractivity contribution in [2.24, 2.45) is 9.98 Å². The minimum absolute atomic E-state index is 0.561. The van der Waals surface area contributed by atoms with Crippen LogP contribution in [0.15, 0.2) is 28.2 Å². The summed E-state index contributed by atoms with van der Waals surface area (Å²) in [5.41, 5.74) is 1.16. The predicted molar refractivity (Wildman–Crippen MR) is 50.9 cm³/mol. The standard InChI is InChI=1S/C9H10N2S/c1-6-4-3-5-7-8(6)11-9(2,12)10-7/h3-5,12H,1-2H3. The molecule has 1 heterocycles. The first-order chi connectivity index (χ1) is 5.58. The Morgan fingerprint density at radius 2 is 2.08 bits per heavy atom. The summed E-state index contributed by atoms with van der Waals surface area (Å²) < 4.78 is 0. The van der Waals surface area contributed by atoms with Gasteiger partial charge in [0.05, 0.1) is 10.7 Å². The second-order valence-electron chi connectivity index (χ2n) is 3.14. The van der Waals surface area contributed by atoms with Gasteiger partial charge in [-0.2, -0.15) is 0 Å². The van der Waals surface area contributed by atoms with Gasteiger partial charge in [-0.05, 0) is 25.5 Å². The molecule has 0 saturated carbocycles. The van der Waals surface area contributed by atoms with E-state index < -0.39 is 4.99 Å². The third-order valence-corrected chi connectivity index (χ3v) is 2.07. The third-order valence-electron chi connectivity index (χ3n) is 1.87. The van der Waals surface area contributed by atoms with Crippen molar-refractivity contribution in [3.8, 4) is 0 Å². The van der Waals surface area contributed by atoms with Crippen LogP contribution in [-0.2, 0) is 0 Å². The van der Waals surface area contributed by atoms with E-state index in [1.165, 1.54) is 0 Å². The molecule has 1 aliphatic heterocycles. The van der Waals surface area contributed by atoms with E-state index in [0.29, 0.717) is 0 Å². The molecule has 1 unspecified atom stereocenters. The average molecular weight is 178 g/mol. The fourth-order valence-electron chi connectivity index (χ4n) is 1.34. The topological polar surface area (TPSA) is 24.7 Å². The average Bonchev–Trinajstić information content (AvgIpc) is 2.25. The molecule has 1 aromatic carbocycles. The summed E-state index contributed by atoms with van der Waals surface area (Å²) in [6.07, 6.45) is 0. The highest BCUT2D eigenvalue weighted by Gasteiger charge is 2.19. The molecular formula is C9H10N2S. The number of nitrogens with zero attached hydrogens (tertiary/aromatic N) is 2. The minimum Gasteiger partial charge on any atom is -0.244 e. The van der Waals surface area contributed by atoms with Crippen LogP contribution in [0.25, 0.3) is 0 Å². The molecule has 62 valence electrons. The van der Waals surface area contributed by atoms with Crippen molar-refractivity contribution in [2.75, 3.05) is 0 Å². The van der Waals surface area contributed by atoms with Crippen LogP contribution in [0.1, 0.15) is 12.5 Å². The van der Waals surface area contributed by atoms with Gasteiger partial charge in [0.2, 0.25) is 0 Å². The van der Waals surface area contributed by atoms with Crippen LogP contribution in [0.2, 0.25) is 0 Å². The first-order valence-corrected chi connectivity index (χ1v) is 4.31. The number of hydrogen-bond acceptors (Lipinski definition) is 3. The zero-order valence-electron chi connectivity index (χ0n) is 7.07. The monoisotopic (exact) mass is 178 g/mol. The van der Waals surface area contributed by atoms with Gasteiger partial charge in [0.15, 0.2) is 4.99 Å². The van der Waals surface area contributed by atoms with E-state index >= 15 is 0 Å². The van der Waals surface area contributed by atoms with E-state index in [1.807, 2.05) is 32.0 Å². The molecule has 0 bridgehead atoms. The summed E-state index contributed by atoms with van der Waals surface area (Å²) in [7, 11) is 0. The number of hydrogen-bond donors (Lipinski definition) is 1. The molecule has 0 spiro atoms. The fourth-order valence-corrected chi connectivity index (χ4v) is 1.55. The van der Waals surface area contributed by atoms with Gasteiger partial charge in [0, 0.05) is 0 Å². The molecule has 0 fully saturated rings. The van der Waals surface area contributed by atoms with Gasteiger partial charge in [0.25, 0.3) is 0 Å². The van der Waals surface area contributed by atoms with Gasteiger partial charge in [0.1, 0.15) is 0 Å². The molecular weight excluding hydrogens is 168 g/mol. The van der Waals surface area contributed by atoms with Gasteiger partial charge < -0.3 is 0 Å². The Hall–Kier alpha value is -0.830. The lowest BCUT2D eigenvalue weighted by Gasteiger charge is -2.05. The van der Waals surface area contributed by atoms with Gasteiger partial charge in [-0.25, -0.2) is 9.98 Å². The predicted octanol–water partition coefficient (Wildman–Crippen LogP) is 0.851. The highest BCUT2D eigenvalue weighted by molar-refractivity contribution is 7.81. The summed E-state index contributed by atoms with van der Waals surface area (Å²) in [6, 6.07) is 5.99. The van der Waals surface area contributed by atoms with Crippen molar-refractivity contribution in [3.63, 3.8) is 0 Å². The van der Waals surface area contributed by atoms with E-state index in [0.717, 1.165) is 16.3 Å². The molecule has 2 nitrogen and oxygen atoms in total. The van der Waals surface area contributed by atoms with Crippen LogP contribution in [0, 0.1) is 6.92 Å². The Morgan fingerprint density at radius 3 is 2.75 bits per heavy atom. The summed E-state index contributed by atoms with van der Waals surface area (Å²) in [5.74, 6) is 0. The lowest BCUT2D eigenvalue weighted by atomic mass is 10.2. The van der Waals surface area contributed by atoms with E-state index in [9.17, 15) is 0 Å². The van der Waals surface area contributed by atoms with Gasteiger partial charge in [-0.3, -0.25) is 0 Å². The highest BCUT2D eigenvalue weighted by atomic mass is 32.1. The van der Waals surface area contributed by atoms with Crippen LogP contribution in [-0.4, -0.2) is 4.99 Å². The molecule has 0 N–H and O–H groups in total. The maximum atomic E-state index is 4.38. The Kier molecular flexibility index (Phi) is 1.51. The molecule has 0 saturated heterocycles. The molecule has 1 aromatic rings. The van der Waals surface area contributed by atoms with E-state index in [4.69, 9.17) is 0 Å². The fraction of sp³-hybridized carbons (Fsp3) is 0.333. The summed E-state index contributed by atoms with van der Waals surface area (Å²) in [6.45, 7) is 3.92. The maximum Gasteiger partial charge on any atom is 0.192 e. The quantitative estimate of drug-likeness (QED) is 0.570. The smallest absolute Gasteiger partial charge is 0.192 e. The number of para-hydroxylation sites is 1. The second kappa shape index (κ2) is 2.33. The van der Waals surface area contributed by atoms with E-state index in [2.05, 4.69) is 22.6 Å². The van der Waals surface area contributed by atoms with Crippen LogP contribution < -0.4 is 10.7 Å². The van der Waals surface area contributed by atoms with Gasteiger partial charge >= 0.3 is 0 Å². The Bertz CT molecular complexity index is 434. The Balaban J connectivity index is 2.86. The van der Waals surface area contributed by atoms with Crippen LogP contribution in [0.4, 0.5) is 0 Å². The first-order valence-electron chi connectivity index (χ1n) is 3.86. The molecule has 1 aliphatic rings. The molecule has 0 aromatic heterocycles. The first kappa shape index (κ1) is 7.80. The highest BCUT2D eigenvalue weighted by Crippen LogP contribution is 2.16. The normalized spacial score (nSPS) is 25.9. The Labute approximate surface area is 76.5 Å². The van der Waals surface area contributed by atoms with Crippen molar-refractivity contribution >= 4 is 12.6 Å². The van der Waals surface area contributed by atoms with Crippen molar-refractivity contribution in [1.29, 1.82) is 0 Å². The van der Waals surface area contributed by atoms with Crippen LogP contribution in [0.3, 0.4) is 0 Å². The SMILES string of the molecule is Cc1cccc2c1=NC(C)(S)N=2. The number of rotatable bonds is 0. The minimum atomic E-state index is -0.561. The van der Waals surface area contributed by atoms with Crippen LogP contribution >= 0.6 is 12.6 Å². The lowest BCUT2D eigenvalue weighted by Crippen LogP contribution is -2.23. The molecule has 0 radical (unpaired) electrons. The largest absolute Gasteiger partial charge is 0.244 e. The van der Waals surface area contributed by atoms with E-state index in [1.54, 1.807) is 0 Å².